The fourth-order valence-corrected chi connectivity index (χ4v) is 5.65. The molecule has 0 aromatic heterocycles. The topological polar surface area (TPSA) is 209 Å². The third-order valence-electron chi connectivity index (χ3n) is 7.92. The number of amidine groups is 1. The van der Waals surface area contributed by atoms with Crippen LogP contribution in [-0.2, 0) is 30.0 Å². The van der Waals surface area contributed by atoms with Crippen molar-refractivity contribution in [2.75, 3.05) is 19.9 Å². The Balaban J connectivity index is 1.23. The van der Waals surface area contributed by atoms with Gasteiger partial charge in [-0.3, -0.25) is 34.6 Å². The number of phosphoric ester groups is 1. The Kier molecular flexibility index (Phi) is 10.8. The number of benzene rings is 2. The number of esters is 1. The monoisotopic (exact) mass is 696 g/mol. The van der Waals surface area contributed by atoms with Crippen LogP contribution in [0.3, 0.4) is 0 Å². The van der Waals surface area contributed by atoms with Gasteiger partial charge < -0.3 is 19.3 Å². The number of imide groups is 1. The van der Waals surface area contributed by atoms with E-state index in [-0.39, 0.29) is 30.7 Å². The average Bonchev–Trinajstić information content (AvgIpc) is 3.82. The first-order valence-electron chi connectivity index (χ1n) is 15.6. The highest BCUT2D eigenvalue weighted by atomic mass is 31.2. The van der Waals surface area contributed by atoms with Crippen LogP contribution >= 0.6 is 7.82 Å². The summed E-state index contributed by atoms with van der Waals surface area (Å²) in [5.74, 6) is -1.86. The number of amides is 3. The average molecular weight is 697 g/mol. The van der Waals surface area contributed by atoms with Gasteiger partial charge in [0.05, 0.1) is 24.6 Å². The van der Waals surface area contributed by atoms with E-state index in [4.69, 9.17) is 24.3 Å². The van der Waals surface area contributed by atoms with Gasteiger partial charge in [0.15, 0.2) is 5.84 Å². The fourth-order valence-electron chi connectivity index (χ4n) is 5.25. The van der Waals surface area contributed by atoms with E-state index >= 15 is 0 Å². The second kappa shape index (κ2) is 15.0. The first kappa shape index (κ1) is 35.3. The van der Waals surface area contributed by atoms with Gasteiger partial charge in [-0.05, 0) is 74.1 Å². The highest BCUT2D eigenvalue weighted by Gasteiger charge is 2.45. The summed E-state index contributed by atoms with van der Waals surface area (Å²) in [5.41, 5.74) is 6.56. The summed E-state index contributed by atoms with van der Waals surface area (Å²) in [6.07, 6.45) is 2.35. The van der Waals surface area contributed by atoms with Crippen molar-refractivity contribution in [2.24, 2.45) is 15.9 Å². The van der Waals surface area contributed by atoms with Crippen LogP contribution in [-0.4, -0.2) is 81.7 Å². The highest BCUT2D eigenvalue weighted by Crippen LogP contribution is 2.38. The molecule has 0 spiro atoms. The van der Waals surface area contributed by atoms with Gasteiger partial charge in [0.2, 0.25) is 12.7 Å². The number of hydrogen-bond acceptors (Lipinski definition) is 11. The lowest BCUT2D eigenvalue weighted by atomic mass is 10.0. The minimum absolute atomic E-state index is 0.0752. The largest absolute Gasteiger partial charge is 0.524 e. The van der Waals surface area contributed by atoms with Crippen LogP contribution in [0.1, 0.15) is 54.6 Å². The first-order chi connectivity index (χ1) is 23.3. The Hall–Kier alpha value is -5.05. The molecule has 1 unspecified atom stereocenters. The number of fused-ring (bicyclic) bond motifs is 1. The van der Waals surface area contributed by atoms with Crippen molar-refractivity contribution in [2.45, 2.75) is 52.5 Å². The number of nitrogens with zero attached hydrogens (tertiary/aromatic N) is 4. The molecule has 2 aliphatic heterocycles. The van der Waals surface area contributed by atoms with Crippen LogP contribution in [0.5, 0.6) is 5.75 Å². The van der Waals surface area contributed by atoms with Gasteiger partial charge in [0, 0.05) is 18.2 Å². The molecule has 0 bridgehead atoms. The number of ether oxygens (including phenoxy) is 2. The maximum atomic E-state index is 13.8. The number of phosphoric acid groups is 1. The van der Waals surface area contributed by atoms with Crippen molar-refractivity contribution in [3.05, 3.63) is 70.4 Å². The lowest BCUT2D eigenvalue weighted by molar-refractivity contribution is -0.152. The van der Waals surface area contributed by atoms with Gasteiger partial charge in [0.1, 0.15) is 17.8 Å². The summed E-state index contributed by atoms with van der Waals surface area (Å²) in [7, 11) is -4.71. The van der Waals surface area contributed by atoms with Crippen molar-refractivity contribution in [3.8, 4) is 5.75 Å². The van der Waals surface area contributed by atoms with E-state index < -0.39 is 38.5 Å². The van der Waals surface area contributed by atoms with E-state index in [9.17, 15) is 23.7 Å². The first-order valence-corrected chi connectivity index (χ1v) is 17.1. The molecule has 1 saturated carbocycles. The summed E-state index contributed by atoms with van der Waals surface area (Å²) in [4.78, 5) is 79.9. The van der Waals surface area contributed by atoms with Crippen LogP contribution in [0.2, 0.25) is 0 Å². The number of hydrogen-bond donors (Lipinski definition) is 4. The van der Waals surface area contributed by atoms with E-state index in [0.29, 0.717) is 53.3 Å². The number of carbonyl (C=O) groups is 4. The zero-order chi connectivity index (χ0) is 35.3. The van der Waals surface area contributed by atoms with E-state index in [1.807, 2.05) is 19.9 Å². The lowest BCUT2D eigenvalue weighted by Crippen LogP contribution is -2.46. The third kappa shape index (κ3) is 8.90. The predicted octanol–water partition coefficient (Wildman–Crippen LogP) is 3.26. The van der Waals surface area contributed by atoms with Gasteiger partial charge in [-0.15, -0.1) is 0 Å². The molecule has 1 atom stereocenters. The fraction of sp³-hybridized carbons (Fsp3) is 0.375. The Bertz CT molecular complexity index is 1770. The molecule has 4 N–H and O–H groups in total. The number of hydrazine groups is 1. The minimum atomic E-state index is -4.71. The van der Waals surface area contributed by atoms with E-state index in [1.54, 1.807) is 24.1 Å². The molecule has 0 radical (unpaired) electrons. The molecular formula is C32H37N6O10P. The lowest BCUT2D eigenvalue weighted by Gasteiger charge is -2.26. The number of carbonyl (C=O) groups excluding carboxylic acids is 4. The Morgan fingerprint density at radius 1 is 1.10 bits per heavy atom. The second-order valence-electron chi connectivity index (χ2n) is 11.7. The zero-order valence-corrected chi connectivity index (χ0v) is 28.0. The molecule has 260 valence electrons. The van der Waals surface area contributed by atoms with Crippen molar-refractivity contribution in [1.82, 2.24) is 20.7 Å². The summed E-state index contributed by atoms with van der Waals surface area (Å²) >= 11 is 0. The molecular weight excluding hydrogens is 659 g/mol. The summed E-state index contributed by atoms with van der Waals surface area (Å²) < 4.78 is 25.7. The van der Waals surface area contributed by atoms with Gasteiger partial charge in [-0.2, -0.15) is 0 Å². The molecule has 2 heterocycles. The predicted molar refractivity (Wildman–Crippen MR) is 176 cm³/mol. The molecule has 1 fully saturated rings. The number of aryl methyl sites for hydroxylation is 1. The number of aliphatic imine (C=N–C) groups is 2. The van der Waals surface area contributed by atoms with Gasteiger partial charge in [0.25, 0.3) is 5.91 Å². The molecule has 3 amide bonds. The standard InChI is InChI=1S/C32H37N6O10P/c1-4-13-33-30(40)22-8-5-19(2)26(15-22)36-29-28-20(3)25(16-37(28)35-17-34-29)31(41)38(23-9-10-23)32(42)47-18-46-27(39)14-21-6-11-24(12-7-21)48-49(43,44)45/h5-8,11-12,15,17,23,25H,4,9-10,13-14,16,18H2,1-3H3,(H,33,40)(H,34,35,36)(H2,43,44,45). The maximum Gasteiger partial charge on any atom is 0.524 e. The van der Waals surface area contributed by atoms with Crippen LogP contribution < -0.4 is 15.3 Å². The quantitative estimate of drug-likeness (QED) is 0.143. The molecule has 16 nitrogen and oxygen atoms in total. The normalized spacial score (nSPS) is 17.7. The van der Waals surface area contributed by atoms with E-state index in [0.717, 1.165) is 16.9 Å². The molecule has 3 aliphatic rings. The SMILES string of the molecule is CCCNC(=O)c1ccc(C)c(N=C2N=CNN3CC(C(=O)N(C(=O)OCOC(=O)Cc4ccc(OP(=O)(O)O)cc4)C4CC4)C(C)=C23)c1. The van der Waals surface area contributed by atoms with E-state index in [1.165, 1.54) is 30.6 Å². The smallest absolute Gasteiger partial charge is 0.428 e. The number of rotatable bonds is 12. The molecule has 17 heteroatoms. The molecule has 0 saturated heterocycles. The Morgan fingerprint density at radius 2 is 1.84 bits per heavy atom. The number of nitrogens with one attached hydrogen (secondary N) is 2. The van der Waals surface area contributed by atoms with Gasteiger partial charge >= 0.3 is 19.9 Å². The molecule has 1 aliphatic carbocycles. The van der Waals surface area contributed by atoms with Crippen molar-refractivity contribution in [3.63, 3.8) is 0 Å². The molecule has 2 aromatic carbocycles. The van der Waals surface area contributed by atoms with E-state index in [2.05, 4.69) is 20.3 Å². The maximum absolute atomic E-state index is 13.8. The zero-order valence-electron chi connectivity index (χ0n) is 27.1. The third-order valence-corrected chi connectivity index (χ3v) is 8.37. The van der Waals surface area contributed by atoms with Crippen molar-refractivity contribution >= 4 is 49.6 Å². The van der Waals surface area contributed by atoms with Gasteiger partial charge in [-0.1, -0.05) is 25.1 Å². The highest BCUT2D eigenvalue weighted by molar-refractivity contribution is 7.46. The summed E-state index contributed by atoms with van der Waals surface area (Å²) in [6, 6.07) is 10.3. The van der Waals surface area contributed by atoms with Crippen LogP contribution in [0, 0.1) is 12.8 Å². The van der Waals surface area contributed by atoms with Crippen molar-refractivity contribution < 1.29 is 47.5 Å². The molecule has 49 heavy (non-hydrogen) atoms. The second-order valence-corrected chi connectivity index (χ2v) is 12.8. The summed E-state index contributed by atoms with van der Waals surface area (Å²) in [6.45, 7) is 5.66. The van der Waals surface area contributed by atoms with Crippen LogP contribution in [0.4, 0.5) is 10.5 Å². The van der Waals surface area contributed by atoms with Crippen molar-refractivity contribution in [1.29, 1.82) is 0 Å². The minimum Gasteiger partial charge on any atom is -0.428 e. The van der Waals surface area contributed by atoms with Crippen LogP contribution in [0.15, 0.2) is 63.7 Å². The Morgan fingerprint density at radius 3 is 2.51 bits per heavy atom. The van der Waals surface area contributed by atoms with Crippen LogP contribution in [0.25, 0.3) is 0 Å². The van der Waals surface area contributed by atoms with Gasteiger partial charge in [-0.25, -0.2) is 24.2 Å². The molecule has 5 rings (SSSR count). The molecule has 2 aromatic rings. The Labute approximate surface area is 282 Å². The summed E-state index contributed by atoms with van der Waals surface area (Å²) in [5, 5.41) is 4.59.